The quantitative estimate of drug-likeness (QED) is 0.661. The van der Waals surface area contributed by atoms with Gasteiger partial charge in [0.2, 0.25) is 0 Å². The number of amides is 1. The topological polar surface area (TPSA) is 38.3 Å². The molecule has 17 heavy (non-hydrogen) atoms. The fourth-order valence-corrected chi connectivity index (χ4v) is 2.08. The van der Waals surface area contributed by atoms with E-state index in [1.165, 1.54) is 0 Å². The maximum Gasteiger partial charge on any atom is 0.251 e. The third kappa shape index (κ3) is 2.91. The van der Waals surface area contributed by atoms with Crippen LogP contribution in [0.15, 0.2) is 18.2 Å². The van der Waals surface area contributed by atoms with Gasteiger partial charge in [-0.3, -0.25) is 4.79 Å². The van der Waals surface area contributed by atoms with E-state index in [1.807, 2.05) is 18.2 Å². The number of ether oxygens (including phenoxy) is 1. The summed E-state index contributed by atoms with van der Waals surface area (Å²) in [6.45, 7) is 1.33. The largest absolute Gasteiger partial charge is 0.493 e. The van der Waals surface area contributed by atoms with Crippen LogP contribution in [0.1, 0.15) is 28.8 Å². The minimum atomic E-state index is 0.000272. The summed E-state index contributed by atoms with van der Waals surface area (Å²) in [5, 5.41) is 2.88. The van der Waals surface area contributed by atoms with Crippen LogP contribution in [0, 0.1) is 0 Å². The lowest BCUT2D eigenvalue weighted by molar-refractivity contribution is 0.0955. The van der Waals surface area contributed by atoms with Gasteiger partial charge in [0.25, 0.3) is 5.91 Å². The number of fused-ring (bicyclic) bond motifs is 1. The molecule has 0 saturated heterocycles. The molecule has 0 aliphatic carbocycles. The van der Waals surface area contributed by atoms with Crippen molar-refractivity contribution in [1.29, 1.82) is 0 Å². The van der Waals surface area contributed by atoms with Gasteiger partial charge in [0.05, 0.1) is 6.61 Å². The van der Waals surface area contributed by atoms with E-state index >= 15 is 0 Å². The Balaban J connectivity index is 2.22. The lowest BCUT2D eigenvalue weighted by atomic mass is 10.0. The number of halogens is 1. The SMILES string of the molecule is O=C1NCCCc2c(OCCCCl)cccc21. The van der Waals surface area contributed by atoms with E-state index in [9.17, 15) is 4.79 Å². The monoisotopic (exact) mass is 253 g/mol. The van der Waals surface area contributed by atoms with Crippen molar-refractivity contribution < 1.29 is 9.53 Å². The molecule has 1 N–H and O–H groups in total. The van der Waals surface area contributed by atoms with Crippen molar-refractivity contribution in [1.82, 2.24) is 5.32 Å². The number of benzene rings is 1. The summed E-state index contributed by atoms with van der Waals surface area (Å²) in [6.07, 6.45) is 2.65. The summed E-state index contributed by atoms with van der Waals surface area (Å²) in [5.74, 6) is 1.42. The van der Waals surface area contributed by atoms with E-state index in [1.54, 1.807) is 0 Å². The van der Waals surface area contributed by atoms with E-state index in [4.69, 9.17) is 16.3 Å². The maximum absolute atomic E-state index is 11.8. The van der Waals surface area contributed by atoms with Gasteiger partial charge in [0.1, 0.15) is 5.75 Å². The zero-order valence-corrected chi connectivity index (χ0v) is 10.4. The summed E-state index contributed by atoms with van der Waals surface area (Å²) >= 11 is 5.62. The minimum Gasteiger partial charge on any atom is -0.493 e. The molecule has 1 aliphatic heterocycles. The summed E-state index contributed by atoms with van der Waals surface area (Å²) in [5.41, 5.74) is 1.77. The summed E-state index contributed by atoms with van der Waals surface area (Å²) in [4.78, 5) is 11.8. The fourth-order valence-electron chi connectivity index (χ4n) is 1.97. The van der Waals surface area contributed by atoms with E-state index in [-0.39, 0.29) is 5.91 Å². The molecule has 1 aliphatic rings. The number of carbonyl (C=O) groups excluding carboxylic acids is 1. The van der Waals surface area contributed by atoms with Crippen molar-refractivity contribution in [2.75, 3.05) is 19.0 Å². The normalized spacial score (nSPS) is 14.8. The summed E-state index contributed by atoms with van der Waals surface area (Å²) in [7, 11) is 0. The van der Waals surface area contributed by atoms with E-state index in [2.05, 4.69) is 5.32 Å². The standard InChI is InChI=1S/C13H16ClNO2/c14-7-3-9-17-12-6-1-4-11-10(12)5-2-8-15-13(11)16/h1,4,6H,2-3,5,7-9H2,(H,15,16). The van der Waals surface area contributed by atoms with Crippen LogP contribution in [0.5, 0.6) is 5.75 Å². The number of carbonyl (C=O) groups is 1. The Morgan fingerprint density at radius 3 is 3.12 bits per heavy atom. The number of hydrogen-bond acceptors (Lipinski definition) is 2. The molecule has 92 valence electrons. The first-order chi connectivity index (χ1) is 8.33. The van der Waals surface area contributed by atoms with Crippen LogP contribution in [0.2, 0.25) is 0 Å². The van der Waals surface area contributed by atoms with E-state index in [0.717, 1.165) is 42.7 Å². The van der Waals surface area contributed by atoms with Gasteiger partial charge >= 0.3 is 0 Å². The van der Waals surface area contributed by atoms with Crippen molar-refractivity contribution >= 4 is 17.5 Å². The molecule has 1 aromatic carbocycles. The van der Waals surface area contributed by atoms with Gasteiger partial charge in [-0.05, 0) is 31.4 Å². The Morgan fingerprint density at radius 2 is 2.29 bits per heavy atom. The third-order valence-electron chi connectivity index (χ3n) is 2.80. The molecular weight excluding hydrogens is 238 g/mol. The van der Waals surface area contributed by atoms with Crippen molar-refractivity contribution in [3.8, 4) is 5.75 Å². The highest BCUT2D eigenvalue weighted by atomic mass is 35.5. The molecule has 0 aromatic heterocycles. The Morgan fingerprint density at radius 1 is 1.41 bits per heavy atom. The number of alkyl halides is 1. The zero-order valence-electron chi connectivity index (χ0n) is 9.67. The molecule has 0 radical (unpaired) electrons. The fraction of sp³-hybridized carbons (Fsp3) is 0.462. The predicted octanol–water partition coefficient (Wildman–Crippen LogP) is 2.37. The van der Waals surface area contributed by atoms with E-state index < -0.39 is 0 Å². The molecule has 0 spiro atoms. The first kappa shape index (κ1) is 12.2. The highest BCUT2D eigenvalue weighted by molar-refractivity contribution is 6.17. The van der Waals surface area contributed by atoms with Crippen LogP contribution in [-0.2, 0) is 6.42 Å². The molecule has 1 heterocycles. The third-order valence-corrected chi connectivity index (χ3v) is 3.07. The molecule has 0 atom stereocenters. The Hall–Kier alpha value is -1.22. The summed E-state index contributed by atoms with van der Waals surface area (Å²) in [6, 6.07) is 5.63. The molecular formula is C13H16ClNO2. The van der Waals surface area contributed by atoms with Crippen molar-refractivity contribution in [3.05, 3.63) is 29.3 Å². The van der Waals surface area contributed by atoms with Crippen LogP contribution in [0.25, 0.3) is 0 Å². The van der Waals surface area contributed by atoms with Crippen molar-refractivity contribution in [3.63, 3.8) is 0 Å². The van der Waals surface area contributed by atoms with Gasteiger partial charge < -0.3 is 10.1 Å². The van der Waals surface area contributed by atoms with Gasteiger partial charge in [-0.2, -0.15) is 0 Å². The minimum absolute atomic E-state index is 0.000272. The molecule has 1 aromatic rings. The average molecular weight is 254 g/mol. The molecule has 0 saturated carbocycles. The first-order valence-electron chi connectivity index (χ1n) is 5.92. The molecule has 4 heteroatoms. The highest BCUT2D eigenvalue weighted by Crippen LogP contribution is 2.25. The second-order valence-corrected chi connectivity index (χ2v) is 4.41. The smallest absolute Gasteiger partial charge is 0.251 e. The Labute approximate surface area is 106 Å². The number of rotatable bonds is 4. The Kier molecular flexibility index (Phi) is 4.26. The van der Waals surface area contributed by atoms with Crippen LogP contribution < -0.4 is 10.1 Å². The van der Waals surface area contributed by atoms with Crippen molar-refractivity contribution in [2.24, 2.45) is 0 Å². The number of nitrogens with one attached hydrogen (secondary N) is 1. The van der Waals surface area contributed by atoms with Crippen LogP contribution in [0.4, 0.5) is 0 Å². The molecule has 0 unspecified atom stereocenters. The van der Waals surface area contributed by atoms with E-state index in [0.29, 0.717) is 12.5 Å². The lowest BCUT2D eigenvalue weighted by Gasteiger charge is -2.12. The second kappa shape index (κ2) is 5.92. The molecule has 0 fully saturated rings. The lowest BCUT2D eigenvalue weighted by Crippen LogP contribution is -2.22. The van der Waals surface area contributed by atoms with Crippen LogP contribution in [-0.4, -0.2) is 24.9 Å². The average Bonchev–Trinajstić information content (AvgIpc) is 2.53. The predicted molar refractivity (Wildman–Crippen MR) is 67.9 cm³/mol. The molecule has 2 rings (SSSR count). The molecule has 0 bridgehead atoms. The summed E-state index contributed by atoms with van der Waals surface area (Å²) < 4.78 is 5.68. The van der Waals surface area contributed by atoms with Gasteiger partial charge in [-0.25, -0.2) is 0 Å². The van der Waals surface area contributed by atoms with Gasteiger partial charge in [-0.1, -0.05) is 6.07 Å². The van der Waals surface area contributed by atoms with Crippen molar-refractivity contribution in [2.45, 2.75) is 19.3 Å². The highest BCUT2D eigenvalue weighted by Gasteiger charge is 2.18. The van der Waals surface area contributed by atoms with Gasteiger partial charge in [0.15, 0.2) is 0 Å². The Bertz CT molecular complexity index is 406. The number of hydrogen-bond donors (Lipinski definition) is 1. The molecule has 1 amide bonds. The maximum atomic E-state index is 11.8. The van der Waals surface area contributed by atoms with Crippen LogP contribution in [0.3, 0.4) is 0 Å². The van der Waals surface area contributed by atoms with Crippen LogP contribution >= 0.6 is 11.6 Å². The second-order valence-electron chi connectivity index (χ2n) is 4.03. The zero-order chi connectivity index (χ0) is 12.1. The van der Waals surface area contributed by atoms with Gasteiger partial charge in [-0.15, -0.1) is 11.6 Å². The first-order valence-corrected chi connectivity index (χ1v) is 6.45. The molecule has 3 nitrogen and oxygen atoms in total. The van der Waals surface area contributed by atoms with Gasteiger partial charge in [0, 0.05) is 23.6 Å².